The lowest BCUT2D eigenvalue weighted by Gasteiger charge is -2.31. The van der Waals surface area contributed by atoms with Crippen LogP contribution in [-0.2, 0) is 4.79 Å². The molecule has 3 unspecified atom stereocenters. The highest BCUT2D eigenvalue weighted by atomic mass is 35.5. The first-order chi connectivity index (χ1) is 9.99. The van der Waals surface area contributed by atoms with Crippen molar-refractivity contribution in [2.75, 3.05) is 0 Å². The lowest BCUT2D eigenvalue weighted by atomic mass is 9.84. The molecule has 1 amide bonds. The molecule has 0 bridgehead atoms. The lowest BCUT2D eigenvalue weighted by molar-refractivity contribution is -0.127. The predicted octanol–water partition coefficient (Wildman–Crippen LogP) is 3.67. The Morgan fingerprint density at radius 1 is 1.24 bits per heavy atom. The molecule has 3 N–H and O–H groups in total. The van der Waals surface area contributed by atoms with Crippen LogP contribution < -0.4 is 11.1 Å². The summed E-state index contributed by atoms with van der Waals surface area (Å²) in [5.74, 6) is 0.359. The Labute approximate surface area is 132 Å². The molecule has 1 fully saturated rings. The van der Waals surface area contributed by atoms with E-state index < -0.39 is 0 Å². The topological polar surface area (TPSA) is 55.1 Å². The van der Waals surface area contributed by atoms with E-state index in [9.17, 15) is 4.79 Å². The maximum Gasteiger partial charge on any atom is 0.225 e. The number of benzene rings is 1. The van der Waals surface area contributed by atoms with Gasteiger partial charge in [0.05, 0.1) is 12.0 Å². The second-order valence-corrected chi connectivity index (χ2v) is 6.77. The van der Waals surface area contributed by atoms with Gasteiger partial charge >= 0.3 is 0 Å². The first-order valence-electron chi connectivity index (χ1n) is 7.80. The average Bonchev–Trinajstić information content (AvgIpc) is 2.46. The summed E-state index contributed by atoms with van der Waals surface area (Å²) >= 11 is 5.94. The molecule has 1 aromatic carbocycles. The van der Waals surface area contributed by atoms with Gasteiger partial charge in [-0.25, -0.2) is 0 Å². The summed E-state index contributed by atoms with van der Waals surface area (Å²) < 4.78 is 0. The number of hydrogen-bond acceptors (Lipinski definition) is 2. The van der Waals surface area contributed by atoms with Crippen LogP contribution in [0.4, 0.5) is 0 Å². The smallest absolute Gasteiger partial charge is 0.225 e. The summed E-state index contributed by atoms with van der Waals surface area (Å²) in [4.78, 5) is 12.5. The van der Waals surface area contributed by atoms with E-state index >= 15 is 0 Å². The van der Waals surface area contributed by atoms with Gasteiger partial charge in [-0.15, -0.1) is 0 Å². The normalized spacial score (nSPS) is 23.9. The van der Waals surface area contributed by atoms with Crippen molar-refractivity contribution in [2.45, 2.75) is 51.6 Å². The van der Waals surface area contributed by atoms with Gasteiger partial charge in [-0.2, -0.15) is 0 Å². The van der Waals surface area contributed by atoms with Crippen LogP contribution in [-0.4, -0.2) is 11.9 Å². The maximum atomic E-state index is 12.5. The molecule has 2 rings (SSSR count). The summed E-state index contributed by atoms with van der Waals surface area (Å²) in [6.07, 6.45) is 4.08. The van der Waals surface area contributed by atoms with Crippen molar-refractivity contribution in [2.24, 2.45) is 17.6 Å². The SMILES string of the molecule is CC(C)C(NC(=O)C1CCCCC1N)c1ccc(Cl)cc1. The molecule has 0 aliphatic heterocycles. The zero-order valence-electron chi connectivity index (χ0n) is 12.8. The molecule has 1 aromatic rings. The van der Waals surface area contributed by atoms with Crippen LogP contribution in [0.15, 0.2) is 24.3 Å². The summed E-state index contributed by atoms with van der Waals surface area (Å²) in [7, 11) is 0. The second-order valence-electron chi connectivity index (χ2n) is 6.34. The Morgan fingerprint density at radius 3 is 2.43 bits per heavy atom. The molecule has 21 heavy (non-hydrogen) atoms. The van der Waals surface area contributed by atoms with Crippen LogP contribution in [0.5, 0.6) is 0 Å². The van der Waals surface area contributed by atoms with Crippen molar-refractivity contribution < 1.29 is 4.79 Å². The summed E-state index contributed by atoms with van der Waals surface area (Å²) in [5.41, 5.74) is 7.20. The molecular weight excluding hydrogens is 284 g/mol. The van der Waals surface area contributed by atoms with Gasteiger partial charge in [-0.05, 0) is 36.5 Å². The molecule has 1 aliphatic carbocycles. The van der Waals surface area contributed by atoms with Crippen LogP contribution >= 0.6 is 11.6 Å². The molecule has 0 radical (unpaired) electrons. The van der Waals surface area contributed by atoms with Gasteiger partial charge in [0.2, 0.25) is 5.91 Å². The third-order valence-electron chi connectivity index (χ3n) is 4.35. The largest absolute Gasteiger partial charge is 0.349 e. The minimum Gasteiger partial charge on any atom is -0.349 e. The van der Waals surface area contributed by atoms with E-state index in [4.69, 9.17) is 17.3 Å². The molecule has 0 heterocycles. The first kappa shape index (κ1) is 16.3. The van der Waals surface area contributed by atoms with Gasteiger partial charge in [0.1, 0.15) is 0 Å². The van der Waals surface area contributed by atoms with Crippen LogP contribution in [0.3, 0.4) is 0 Å². The Morgan fingerprint density at radius 2 is 1.86 bits per heavy atom. The van der Waals surface area contributed by atoms with Gasteiger partial charge < -0.3 is 11.1 Å². The minimum atomic E-state index is -0.0488. The number of nitrogens with two attached hydrogens (primary N) is 1. The third-order valence-corrected chi connectivity index (χ3v) is 4.60. The summed E-state index contributed by atoms with van der Waals surface area (Å²) in [6.45, 7) is 4.22. The lowest BCUT2D eigenvalue weighted by Crippen LogP contribution is -2.45. The Hall–Kier alpha value is -1.06. The highest BCUT2D eigenvalue weighted by molar-refractivity contribution is 6.30. The van der Waals surface area contributed by atoms with Crippen molar-refractivity contribution in [3.63, 3.8) is 0 Å². The number of carbonyl (C=O) groups excluding carboxylic acids is 1. The van der Waals surface area contributed by atoms with Crippen molar-refractivity contribution in [1.82, 2.24) is 5.32 Å². The zero-order chi connectivity index (χ0) is 15.4. The van der Waals surface area contributed by atoms with Crippen LogP contribution in [0.1, 0.15) is 51.1 Å². The Bertz CT molecular complexity index is 472. The van der Waals surface area contributed by atoms with E-state index in [1.807, 2.05) is 24.3 Å². The second kappa shape index (κ2) is 7.28. The van der Waals surface area contributed by atoms with E-state index in [1.165, 1.54) is 0 Å². The van der Waals surface area contributed by atoms with Crippen LogP contribution in [0.25, 0.3) is 0 Å². The molecule has 116 valence electrons. The highest BCUT2D eigenvalue weighted by Gasteiger charge is 2.30. The third kappa shape index (κ3) is 4.21. The number of amides is 1. The Kier molecular flexibility index (Phi) is 5.65. The van der Waals surface area contributed by atoms with Gasteiger partial charge in [-0.1, -0.05) is 50.4 Å². The van der Waals surface area contributed by atoms with Crippen LogP contribution in [0, 0.1) is 11.8 Å². The molecule has 0 saturated heterocycles. The molecular formula is C17H25ClN2O. The van der Waals surface area contributed by atoms with E-state index in [0.717, 1.165) is 31.2 Å². The highest BCUT2D eigenvalue weighted by Crippen LogP contribution is 2.27. The number of hydrogen-bond donors (Lipinski definition) is 2. The fourth-order valence-electron chi connectivity index (χ4n) is 3.05. The molecule has 3 atom stereocenters. The molecule has 1 saturated carbocycles. The minimum absolute atomic E-state index is 0.00298. The fourth-order valence-corrected chi connectivity index (χ4v) is 3.18. The quantitative estimate of drug-likeness (QED) is 0.891. The van der Waals surface area contributed by atoms with Crippen molar-refractivity contribution in [1.29, 1.82) is 0 Å². The van der Waals surface area contributed by atoms with Gasteiger partial charge in [0.25, 0.3) is 0 Å². The number of carbonyl (C=O) groups is 1. The fraction of sp³-hybridized carbons (Fsp3) is 0.588. The van der Waals surface area contributed by atoms with Crippen LogP contribution in [0.2, 0.25) is 5.02 Å². The van der Waals surface area contributed by atoms with Crippen molar-refractivity contribution in [3.8, 4) is 0 Å². The predicted molar refractivity (Wildman–Crippen MR) is 87.1 cm³/mol. The van der Waals surface area contributed by atoms with E-state index in [2.05, 4.69) is 19.2 Å². The van der Waals surface area contributed by atoms with E-state index in [1.54, 1.807) is 0 Å². The van der Waals surface area contributed by atoms with Gasteiger partial charge in [0.15, 0.2) is 0 Å². The number of nitrogens with one attached hydrogen (secondary N) is 1. The van der Waals surface area contributed by atoms with Gasteiger partial charge in [-0.3, -0.25) is 4.79 Å². The monoisotopic (exact) mass is 308 g/mol. The molecule has 4 heteroatoms. The summed E-state index contributed by atoms with van der Waals surface area (Å²) in [5, 5.41) is 3.90. The first-order valence-corrected chi connectivity index (χ1v) is 8.18. The number of halogens is 1. The van der Waals surface area contributed by atoms with Gasteiger partial charge in [0, 0.05) is 11.1 Å². The molecule has 3 nitrogen and oxygen atoms in total. The molecule has 0 spiro atoms. The van der Waals surface area contributed by atoms with E-state index in [-0.39, 0.29) is 23.9 Å². The van der Waals surface area contributed by atoms with E-state index in [0.29, 0.717) is 10.9 Å². The molecule has 0 aromatic heterocycles. The number of rotatable bonds is 4. The average molecular weight is 309 g/mol. The summed E-state index contributed by atoms with van der Waals surface area (Å²) in [6, 6.07) is 7.69. The Balaban J connectivity index is 2.09. The zero-order valence-corrected chi connectivity index (χ0v) is 13.6. The maximum absolute atomic E-state index is 12.5. The molecule has 1 aliphatic rings. The van der Waals surface area contributed by atoms with Crippen molar-refractivity contribution in [3.05, 3.63) is 34.9 Å². The standard InChI is InChI=1S/C17H25ClN2O/c1-11(2)16(12-7-9-13(18)10-8-12)20-17(21)14-5-3-4-6-15(14)19/h7-11,14-16H,3-6,19H2,1-2H3,(H,20,21). The van der Waals surface area contributed by atoms with Crippen molar-refractivity contribution >= 4 is 17.5 Å².